The Labute approximate surface area is 167 Å². The molecule has 0 unspecified atom stereocenters. The zero-order valence-electron chi connectivity index (χ0n) is 16.3. The third-order valence-corrected chi connectivity index (χ3v) is 4.48. The molecule has 2 N–H and O–H groups in total. The van der Waals surface area contributed by atoms with Crippen LogP contribution < -0.4 is 15.8 Å². The zero-order chi connectivity index (χ0) is 21.1. The first-order chi connectivity index (χ1) is 13.8. The van der Waals surface area contributed by atoms with E-state index in [2.05, 4.69) is 10.3 Å². The van der Waals surface area contributed by atoms with Gasteiger partial charge in [0.15, 0.2) is 5.69 Å². The first-order valence-corrected chi connectivity index (χ1v) is 8.89. The molecule has 29 heavy (non-hydrogen) atoms. The summed E-state index contributed by atoms with van der Waals surface area (Å²) in [4.78, 5) is 31.3. The van der Waals surface area contributed by atoms with Crippen LogP contribution >= 0.6 is 0 Å². The molecule has 2 aromatic carbocycles. The number of hydrogen-bond acceptors (Lipinski definition) is 5. The van der Waals surface area contributed by atoms with Crippen molar-refractivity contribution in [1.29, 1.82) is 0 Å². The Hall–Kier alpha value is -3.68. The van der Waals surface area contributed by atoms with E-state index in [9.17, 15) is 19.1 Å². The van der Waals surface area contributed by atoms with Gasteiger partial charge in [0, 0.05) is 38.9 Å². The van der Waals surface area contributed by atoms with Crippen LogP contribution in [0.2, 0.25) is 0 Å². The average Bonchev–Trinajstić information content (AvgIpc) is 2.71. The number of hydrogen-bond donors (Lipinski definition) is 2. The topological polar surface area (TPSA) is 87.5 Å². The van der Waals surface area contributed by atoms with Gasteiger partial charge in [-0.3, -0.25) is 14.2 Å². The van der Waals surface area contributed by atoms with Gasteiger partial charge >= 0.3 is 0 Å². The van der Waals surface area contributed by atoms with Gasteiger partial charge in [0.25, 0.3) is 11.5 Å². The molecular formula is C21H21FN4O3. The van der Waals surface area contributed by atoms with Crippen LogP contribution in [0.15, 0.2) is 53.3 Å². The minimum atomic E-state index is -0.727. The second-order valence-electron chi connectivity index (χ2n) is 6.72. The molecule has 3 aromatic rings. The van der Waals surface area contributed by atoms with E-state index in [4.69, 9.17) is 0 Å². The molecule has 0 aliphatic carbocycles. The fourth-order valence-electron chi connectivity index (χ4n) is 2.91. The van der Waals surface area contributed by atoms with E-state index in [-0.39, 0.29) is 23.9 Å². The molecule has 8 heteroatoms. The first kappa shape index (κ1) is 20.1. The van der Waals surface area contributed by atoms with Crippen molar-refractivity contribution in [3.63, 3.8) is 0 Å². The van der Waals surface area contributed by atoms with Gasteiger partial charge in [-0.1, -0.05) is 24.3 Å². The minimum Gasteiger partial charge on any atom is -0.501 e. The SMILES string of the molecule is CN(C)c1ccccc1-c1nc(C(=O)NCc2ccc(F)cc2)c(O)c(=O)n1C. The normalized spacial score (nSPS) is 10.6. The Morgan fingerprint density at radius 3 is 2.48 bits per heavy atom. The summed E-state index contributed by atoms with van der Waals surface area (Å²) < 4.78 is 14.2. The summed E-state index contributed by atoms with van der Waals surface area (Å²) in [5, 5.41) is 12.8. The number of rotatable bonds is 5. The molecule has 7 nitrogen and oxygen atoms in total. The quantitative estimate of drug-likeness (QED) is 0.691. The van der Waals surface area contributed by atoms with Crippen molar-refractivity contribution in [1.82, 2.24) is 14.9 Å². The molecular weight excluding hydrogens is 375 g/mol. The highest BCUT2D eigenvalue weighted by molar-refractivity contribution is 5.95. The van der Waals surface area contributed by atoms with Crippen LogP contribution in [0.1, 0.15) is 16.1 Å². The molecule has 0 aliphatic heterocycles. The smallest absolute Gasteiger partial charge is 0.296 e. The third kappa shape index (κ3) is 4.11. The van der Waals surface area contributed by atoms with Gasteiger partial charge in [-0.15, -0.1) is 0 Å². The van der Waals surface area contributed by atoms with Gasteiger partial charge in [0.1, 0.15) is 11.6 Å². The van der Waals surface area contributed by atoms with Gasteiger partial charge in [-0.05, 0) is 29.8 Å². The Morgan fingerprint density at radius 1 is 1.17 bits per heavy atom. The van der Waals surface area contributed by atoms with Crippen molar-refractivity contribution in [3.05, 3.63) is 76.0 Å². The summed E-state index contributed by atoms with van der Waals surface area (Å²) in [6.45, 7) is 0.0963. The predicted octanol–water partition coefficient (Wildman–Crippen LogP) is 2.29. The summed E-state index contributed by atoms with van der Waals surface area (Å²) in [5.74, 6) is -1.55. The molecule has 0 saturated carbocycles. The lowest BCUT2D eigenvalue weighted by Gasteiger charge is -2.19. The molecule has 1 amide bonds. The van der Waals surface area contributed by atoms with Crippen LogP contribution in [-0.4, -0.2) is 34.7 Å². The van der Waals surface area contributed by atoms with E-state index >= 15 is 0 Å². The highest BCUT2D eigenvalue weighted by Gasteiger charge is 2.22. The lowest BCUT2D eigenvalue weighted by Crippen LogP contribution is -2.29. The van der Waals surface area contributed by atoms with E-state index in [0.29, 0.717) is 11.1 Å². The maximum atomic E-state index is 13.0. The zero-order valence-corrected chi connectivity index (χ0v) is 16.3. The lowest BCUT2D eigenvalue weighted by molar-refractivity contribution is 0.0942. The van der Waals surface area contributed by atoms with Crippen LogP contribution in [0.5, 0.6) is 5.75 Å². The van der Waals surface area contributed by atoms with Crippen LogP contribution in [0, 0.1) is 5.82 Å². The number of para-hydroxylation sites is 1. The van der Waals surface area contributed by atoms with Crippen molar-refractivity contribution >= 4 is 11.6 Å². The Balaban J connectivity index is 1.99. The lowest BCUT2D eigenvalue weighted by atomic mass is 10.1. The highest BCUT2D eigenvalue weighted by Crippen LogP contribution is 2.28. The number of aromatic hydroxyl groups is 1. The molecule has 0 spiro atoms. The fourth-order valence-corrected chi connectivity index (χ4v) is 2.91. The molecule has 0 atom stereocenters. The van der Waals surface area contributed by atoms with Crippen molar-refractivity contribution in [3.8, 4) is 17.1 Å². The van der Waals surface area contributed by atoms with Gasteiger partial charge < -0.3 is 15.3 Å². The number of nitrogens with one attached hydrogen (secondary N) is 1. The van der Waals surface area contributed by atoms with Crippen LogP contribution in [0.4, 0.5) is 10.1 Å². The molecule has 1 aromatic heterocycles. The molecule has 150 valence electrons. The Morgan fingerprint density at radius 2 is 1.83 bits per heavy atom. The maximum absolute atomic E-state index is 13.0. The summed E-state index contributed by atoms with van der Waals surface area (Å²) in [7, 11) is 5.19. The summed E-state index contributed by atoms with van der Waals surface area (Å²) in [5.41, 5.74) is 1.03. The molecule has 0 fully saturated rings. The van der Waals surface area contributed by atoms with Crippen molar-refractivity contribution in [2.24, 2.45) is 7.05 Å². The third-order valence-electron chi connectivity index (χ3n) is 4.48. The standard InChI is InChI=1S/C21H21FN4O3/c1-25(2)16-7-5-4-6-15(16)19-24-17(18(27)21(29)26(19)3)20(28)23-12-13-8-10-14(22)11-9-13/h4-11,27H,12H2,1-3H3,(H,23,28). The monoisotopic (exact) mass is 396 g/mol. The van der Waals surface area contributed by atoms with Crippen LogP contribution in [0.25, 0.3) is 11.4 Å². The van der Waals surface area contributed by atoms with Crippen molar-refractivity contribution < 1.29 is 14.3 Å². The first-order valence-electron chi connectivity index (χ1n) is 8.89. The van der Waals surface area contributed by atoms with Gasteiger partial charge in [0.2, 0.25) is 5.75 Å². The molecule has 0 bridgehead atoms. The van der Waals surface area contributed by atoms with Crippen molar-refractivity contribution in [2.45, 2.75) is 6.54 Å². The second kappa shape index (κ2) is 8.14. The van der Waals surface area contributed by atoms with Crippen LogP contribution in [-0.2, 0) is 13.6 Å². The number of nitrogens with zero attached hydrogens (tertiary/aromatic N) is 3. The molecule has 0 aliphatic rings. The number of amides is 1. The summed E-state index contributed by atoms with van der Waals surface area (Å²) >= 11 is 0. The maximum Gasteiger partial charge on any atom is 0.296 e. The van der Waals surface area contributed by atoms with E-state index in [1.807, 2.05) is 31.1 Å². The second-order valence-corrected chi connectivity index (χ2v) is 6.72. The number of carbonyl (C=O) groups is 1. The van der Waals surface area contributed by atoms with Gasteiger partial charge in [-0.2, -0.15) is 0 Å². The number of aromatic nitrogens is 2. The number of halogens is 1. The molecule has 1 heterocycles. The molecule has 0 radical (unpaired) electrons. The average molecular weight is 396 g/mol. The largest absolute Gasteiger partial charge is 0.501 e. The van der Waals surface area contributed by atoms with E-state index in [1.54, 1.807) is 12.1 Å². The predicted molar refractivity (Wildman–Crippen MR) is 108 cm³/mol. The number of benzene rings is 2. The fraction of sp³-hybridized carbons (Fsp3) is 0.190. The van der Waals surface area contributed by atoms with Gasteiger partial charge in [-0.25, -0.2) is 9.37 Å². The van der Waals surface area contributed by atoms with Gasteiger partial charge in [0.05, 0.1) is 0 Å². The summed E-state index contributed by atoms with van der Waals surface area (Å²) in [6.07, 6.45) is 0. The Kier molecular flexibility index (Phi) is 5.63. The van der Waals surface area contributed by atoms with E-state index < -0.39 is 17.2 Å². The molecule has 0 saturated heterocycles. The minimum absolute atomic E-state index is 0.0963. The number of anilines is 1. The highest BCUT2D eigenvalue weighted by atomic mass is 19.1. The van der Waals surface area contributed by atoms with Crippen LogP contribution in [0.3, 0.4) is 0 Å². The molecule has 3 rings (SSSR count). The van der Waals surface area contributed by atoms with Crippen molar-refractivity contribution in [2.75, 3.05) is 19.0 Å². The number of carbonyl (C=O) groups excluding carboxylic acids is 1. The van der Waals surface area contributed by atoms with E-state index in [0.717, 1.165) is 5.69 Å². The van der Waals surface area contributed by atoms with E-state index in [1.165, 1.54) is 35.9 Å². The summed E-state index contributed by atoms with van der Waals surface area (Å²) in [6, 6.07) is 12.9. The Bertz CT molecular complexity index is 1110.